The summed E-state index contributed by atoms with van der Waals surface area (Å²) < 4.78 is 5.82. The predicted octanol–water partition coefficient (Wildman–Crippen LogP) is 2.14. The highest BCUT2D eigenvalue weighted by molar-refractivity contribution is 6.31. The minimum absolute atomic E-state index is 0.299. The van der Waals surface area contributed by atoms with Crippen LogP contribution in [0, 0.1) is 0 Å². The Labute approximate surface area is 130 Å². The number of amides is 1. The normalized spacial score (nSPS) is 22.0. The van der Waals surface area contributed by atoms with Gasteiger partial charge in [0, 0.05) is 23.3 Å². The molecule has 0 atom stereocenters. The van der Waals surface area contributed by atoms with Gasteiger partial charge in [0.05, 0.1) is 18.3 Å². The van der Waals surface area contributed by atoms with Gasteiger partial charge in [-0.2, -0.15) is 0 Å². The number of carbonyl (C=O) groups is 1. The minimum Gasteiger partial charge on any atom is -0.382 e. The molecule has 0 unspecified atom stereocenters. The largest absolute Gasteiger partial charge is 0.382 e. The van der Waals surface area contributed by atoms with E-state index in [9.17, 15) is 4.79 Å². The van der Waals surface area contributed by atoms with Gasteiger partial charge in [0.25, 0.3) is 5.91 Å². The van der Waals surface area contributed by atoms with Crippen molar-refractivity contribution in [2.24, 2.45) is 11.5 Å². The van der Waals surface area contributed by atoms with Gasteiger partial charge >= 0.3 is 0 Å². The third-order valence-electron chi connectivity index (χ3n) is 3.74. The molecule has 1 aliphatic rings. The van der Waals surface area contributed by atoms with Crippen LogP contribution in [-0.4, -0.2) is 31.2 Å². The van der Waals surface area contributed by atoms with E-state index in [0.29, 0.717) is 41.6 Å². The van der Waals surface area contributed by atoms with E-state index in [4.69, 9.17) is 27.8 Å². The second kappa shape index (κ2) is 7.64. The van der Waals surface area contributed by atoms with E-state index in [1.165, 1.54) is 0 Å². The molecule has 1 aromatic carbocycles. The van der Waals surface area contributed by atoms with E-state index in [-0.39, 0.29) is 0 Å². The number of nitrogens with two attached hydrogens (primary N) is 2. The van der Waals surface area contributed by atoms with Gasteiger partial charge in [-0.15, -0.1) is 0 Å². The summed E-state index contributed by atoms with van der Waals surface area (Å²) in [5.41, 5.74) is 12.3. The monoisotopic (exact) mass is 311 g/mol. The maximum atomic E-state index is 11.4. The van der Waals surface area contributed by atoms with E-state index in [1.807, 2.05) is 0 Å². The van der Waals surface area contributed by atoms with Crippen molar-refractivity contribution in [2.45, 2.75) is 37.8 Å². The van der Waals surface area contributed by atoms with E-state index in [0.717, 1.165) is 25.7 Å². The molecule has 1 amide bonds. The zero-order chi connectivity index (χ0) is 15.2. The number of hydrogen-bond acceptors (Lipinski definition) is 4. The summed E-state index contributed by atoms with van der Waals surface area (Å²) >= 11 is 5.87. The summed E-state index contributed by atoms with van der Waals surface area (Å²) in [6, 6.07) is 5.37. The van der Waals surface area contributed by atoms with Gasteiger partial charge < -0.3 is 21.5 Å². The first-order chi connectivity index (χ1) is 10.1. The molecule has 0 radical (unpaired) electrons. The lowest BCUT2D eigenvalue weighted by molar-refractivity contribution is 0.0313. The molecule has 0 bridgehead atoms. The number of anilines is 1. The SMILES string of the molecule is NC(=O)c1cc(Cl)ccc1NCCOC1CCC(N)CC1. The van der Waals surface area contributed by atoms with Crippen LogP contribution in [0.15, 0.2) is 18.2 Å². The van der Waals surface area contributed by atoms with Crippen LogP contribution in [-0.2, 0) is 4.74 Å². The lowest BCUT2D eigenvalue weighted by atomic mass is 9.94. The summed E-state index contributed by atoms with van der Waals surface area (Å²) in [6.45, 7) is 1.20. The van der Waals surface area contributed by atoms with Crippen LogP contribution < -0.4 is 16.8 Å². The van der Waals surface area contributed by atoms with Crippen LogP contribution >= 0.6 is 11.6 Å². The molecule has 1 aromatic rings. The topological polar surface area (TPSA) is 90.4 Å². The second-order valence-electron chi connectivity index (χ2n) is 5.39. The average Bonchev–Trinajstić information content (AvgIpc) is 2.46. The van der Waals surface area contributed by atoms with Gasteiger partial charge in [-0.25, -0.2) is 0 Å². The molecular formula is C15H22ClN3O2. The summed E-state index contributed by atoms with van der Waals surface area (Å²) in [5, 5.41) is 3.65. The number of hydrogen-bond donors (Lipinski definition) is 3. The van der Waals surface area contributed by atoms with Gasteiger partial charge in [0.2, 0.25) is 0 Å². The van der Waals surface area contributed by atoms with Gasteiger partial charge in [-0.05, 0) is 43.9 Å². The fourth-order valence-corrected chi connectivity index (χ4v) is 2.71. The maximum absolute atomic E-state index is 11.4. The Morgan fingerprint density at radius 2 is 2.05 bits per heavy atom. The molecule has 1 aliphatic carbocycles. The molecule has 116 valence electrons. The van der Waals surface area contributed by atoms with Gasteiger partial charge in [-0.3, -0.25) is 4.79 Å². The van der Waals surface area contributed by atoms with E-state index < -0.39 is 5.91 Å². The molecule has 0 spiro atoms. The van der Waals surface area contributed by atoms with Crippen LogP contribution in [0.4, 0.5) is 5.69 Å². The minimum atomic E-state index is -0.498. The Morgan fingerprint density at radius 1 is 1.33 bits per heavy atom. The Hall–Kier alpha value is -1.30. The Kier molecular flexibility index (Phi) is 5.85. The zero-order valence-electron chi connectivity index (χ0n) is 12.0. The third kappa shape index (κ3) is 4.88. The Balaban J connectivity index is 1.77. The van der Waals surface area contributed by atoms with Crippen molar-refractivity contribution < 1.29 is 9.53 Å². The van der Waals surface area contributed by atoms with E-state index in [2.05, 4.69) is 5.32 Å². The predicted molar refractivity (Wildman–Crippen MR) is 84.6 cm³/mol. The first kappa shape index (κ1) is 16.1. The molecule has 0 aromatic heterocycles. The number of ether oxygens (including phenoxy) is 1. The molecule has 5 nitrogen and oxygen atoms in total. The number of primary amides is 1. The maximum Gasteiger partial charge on any atom is 0.250 e. The molecule has 1 saturated carbocycles. The molecular weight excluding hydrogens is 290 g/mol. The van der Waals surface area contributed by atoms with Crippen molar-refractivity contribution in [1.29, 1.82) is 0 Å². The summed E-state index contributed by atoms with van der Waals surface area (Å²) in [7, 11) is 0. The number of carbonyl (C=O) groups excluding carboxylic acids is 1. The van der Waals surface area contributed by atoms with Crippen molar-refractivity contribution in [3.05, 3.63) is 28.8 Å². The zero-order valence-corrected chi connectivity index (χ0v) is 12.7. The quantitative estimate of drug-likeness (QED) is 0.702. The molecule has 6 heteroatoms. The van der Waals surface area contributed by atoms with Crippen molar-refractivity contribution >= 4 is 23.2 Å². The van der Waals surface area contributed by atoms with Crippen molar-refractivity contribution in [3.8, 4) is 0 Å². The second-order valence-corrected chi connectivity index (χ2v) is 5.82. The van der Waals surface area contributed by atoms with Gasteiger partial charge in [0.1, 0.15) is 0 Å². The number of nitrogens with one attached hydrogen (secondary N) is 1. The molecule has 0 saturated heterocycles. The van der Waals surface area contributed by atoms with Crippen molar-refractivity contribution in [2.75, 3.05) is 18.5 Å². The molecule has 1 fully saturated rings. The van der Waals surface area contributed by atoms with Gasteiger partial charge in [-0.1, -0.05) is 11.6 Å². The van der Waals surface area contributed by atoms with Crippen LogP contribution in [0.1, 0.15) is 36.0 Å². The fraction of sp³-hybridized carbons (Fsp3) is 0.533. The average molecular weight is 312 g/mol. The highest BCUT2D eigenvalue weighted by atomic mass is 35.5. The lowest BCUT2D eigenvalue weighted by Gasteiger charge is -2.26. The highest BCUT2D eigenvalue weighted by Gasteiger charge is 2.18. The lowest BCUT2D eigenvalue weighted by Crippen LogP contribution is -2.31. The molecule has 2 rings (SSSR count). The van der Waals surface area contributed by atoms with Crippen molar-refractivity contribution in [3.63, 3.8) is 0 Å². The molecule has 5 N–H and O–H groups in total. The van der Waals surface area contributed by atoms with Crippen LogP contribution in [0.5, 0.6) is 0 Å². The fourth-order valence-electron chi connectivity index (χ4n) is 2.54. The Bertz CT molecular complexity index is 488. The summed E-state index contributed by atoms with van der Waals surface area (Å²) in [5.74, 6) is -0.498. The summed E-state index contributed by atoms with van der Waals surface area (Å²) in [6.07, 6.45) is 4.40. The number of halogens is 1. The van der Waals surface area contributed by atoms with Crippen molar-refractivity contribution in [1.82, 2.24) is 0 Å². The van der Waals surface area contributed by atoms with E-state index >= 15 is 0 Å². The number of rotatable bonds is 6. The van der Waals surface area contributed by atoms with E-state index in [1.54, 1.807) is 18.2 Å². The molecule has 21 heavy (non-hydrogen) atoms. The number of benzene rings is 1. The molecule has 0 aliphatic heterocycles. The Morgan fingerprint density at radius 3 is 2.71 bits per heavy atom. The first-order valence-corrected chi connectivity index (χ1v) is 7.64. The van der Waals surface area contributed by atoms with Crippen LogP contribution in [0.2, 0.25) is 5.02 Å². The highest BCUT2D eigenvalue weighted by Crippen LogP contribution is 2.21. The summed E-state index contributed by atoms with van der Waals surface area (Å²) in [4.78, 5) is 11.4. The van der Waals surface area contributed by atoms with Crippen LogP contribution in [0.3, 0.4) is 0 Å². The smallest absolute Gasteiger partial charge is 0.250 e. The first-order valence-electron chi connectivity index (χ1n) is 7.26. The third-order valence-corrected chi connectivity index (χ3v) is 3.97. The van der Waals surface area contributed by atoms with Crippen LogP contribution in [0.25, 0.3) is 0 Å². The molecule has 0 heterocycles. The standard InChI is InChI=1S/C15H22ClN3O2/c16-10-1-6-14(13(9-10)15(18)20)19-7-8-21-12-4-2-11(17)3-5-12/h1,6,9,11-12,19H,2-5,7-8,17H2,(H2,18,20). The van der Waals surface area contributed by atoms with Gasteiger partial charge in [0.15, 0.2) is 0 Å².